The highest BCUT2D eigenvalue weighted by molar-refractivity contribution is 5.74. The van der Waals surface area contributed by atoms with Crippen LogP contribution in [0.3, 0.4) is 0 Å². The molecule has 0 aromatic heterocycles. The first kappa shape index (κ1) is 14.3. The average molecular weight is 248 g/mol. The van der Waals surface area contributed by atoms with Gasteiger partial charge in [-0.25, -0.2) is 0 Å². The van der Waals surface area contributed by atoms with E-state index >= 15 is 0 Å². The Morgan fingerprint density at radius 1 is 1.28 bits per heavy atom. The monoisotopic (exact) mass is 248 g/mol. The Labute approximate surface area is 108 Å². The summed E-state index contributed by atoms with van der Waals surface area (Å²) in [7, 11) is 0. The number of rotatable bonds is 7. The molecule has 3 heteroatoms. The molecular formula is C15H20O3. The fraction of sp³-hybridized carbons (Fsp3) is 0.400. The van der Waals surface area contributed by atoms with E-state index in [9.17, 15) is 4.79 Å². The molecule has 0 saturated heterocycles. The van der Waals surface area contributed by atoms with Crippen LogP contribution in [0.15, 0.2) is 30.3 Å². The van der Waals surface area contributed by atoms with Crippen LogP contribution in [0.25, 0.3) is 5.57 Å². The van der Waals surface area contributed by atoms with Crippen molar-refractivity contribution in [2.24, 2.45) is 0 Å². The summed E-state index contributed by atoms with van der Waals surface area (Å²) in [6, 6.07) is 7.80. The molecule has 0 fully saturated rings. The molecule has 0 bridgehead atoms. The highest BCUT2D eigenvalue weighted by Crippen LogP contribution is 2.21. The van der Waals surface area contributed by atoms with Gasteiger partial charge in [-0.1, -0.05) is 32.1 Å². The standard InChI is InChI=1S/C15H20O3/c1-3-11-18-14-8-5-13(6-9-14)12(4-2)7-10-15(16)17/h5-9H,3-4,10-11H2,1-2H3,(H,16,17)/b12-7+. The lowest BCUT2D eigenvalue weighted by atomic mass is 10.0. The molecule has 0 aliphatic heterocycles. The molecule has 0 amide bonds. The van der Waals surface area contributed by atoms with Gasteiger partial charge in [0.25, 0.3) is 0 Å². The average Bonchev–Trinajstić information content (AvgIpc) is 2.38. The highest BCUT2D eigenvalue weighted by Gasteiger charge is 2.01. The van der Waals surface area contributed by atoms with E-state index < -0.39 is 5.97 Å². The number of hydrogen-bond donors (Lipinski definition) is 1. The summed E-state index contributed by atoms with van der Waals surface area (Å²) in [4.78, 5) is 10.6. The summed E-state index contributed by atoms with van der Waals surface area (Å²) in [6.45, 7) is 4.81. The zero-order chi connectivity index (χ0) is 13.4. The number of allylic oxidation sites excluding steroid dienone is 1. The lowest BCUT2D eigenvalue weighted by molar-refractivity contribution is -0.135. The molecule has 0 aliphatic carbocycles. The van der Waals surface area contributed by atoms with Gasteiger partial charge >= 0.3 is 5.97 Å². The van der Waals surface area contributed by atoms with Crippen LogP contribution < -0.4 is 4.74 Å². The minimum absolute atomic E-state index is 0.0667. The Hall–Kier alpha value is -1.77. The second-order valence-corrected chi connectivity index (χ2v) is 4.05. The maximum atomic E-state index is 10.6. The van der Waals surface area contributed by atoms with Gasteiger partial charge in [0.15, 0.2) is 0 Å². The van der Waals surface area contributed by atoms with Crippen molar-refractivity contribution < 1.29 is 14.6 Å². The molecule has 0 saturated carbocycles. The molecule has 0 radical (unpaired) electrons. The van der Waals surface area contributed by atoms with Crippen molar-refractivity contribution in [1.82, 2.24) is 0 Å². The van der Waals surface area contributed by atoms with Crippen LogP contribution in [0.4, 0.5) is 0 Å². The molecule has 0 atom stereocenters. The molecule has 1 rings (SSSR count). The van der Waals surface area contributed by atoms with E-state index in [0.29, 0.717) is 0 Å². The van der Waals surface area contributed by atoms with E-state index in [0.717, 1.165) is 36.3 Å². The van der Waals surface area contributed by atoms with Gasteiger partial charge in [-0.2, -0.15) is 0 Å². The summed E-state index contributed by atoms with van der Waals surface area (Å²) in [6.07, 6.45) is 3.64. The van der Waals surface area contributed by atoms with Gasteiger partial charge in [-0.3, -0.25) is 4.79 Å². The Morgan fingerprint density at radius 2 is 1.94 bits per heavy atom. The van der Waals surface area contributed by atoms with Gasteiger partial charge in [0.2, 0.25) is 0 Å². The first-order valence-corrected chi connectivity index (χ1v) is 6.31. The fourth-order valence-corrected chi connectivity index (χ4v) is 1.66. The summed E-state index contributed by atoms with van der Waals surface area (Å²) < 4.78 is 5.51. The quantitative estimate of drug-likeness (QED) is 0.799. The minimum atomic E-state index is -0.802. The molecule has 0 unspecified atom stereocenters. The molecule has 0 heterocycles. The Kier molecular flexibility index (Phi) is 5.98. The summed E-state index contributed by atoms with van der Waals surface area (Å²) in [5, 5.41) is 8.68. The predicted molar refractivity (Wildman–Crippen MR) is 72.7 cm³/mol. The van der Waals surface area contributed by atoms with E-state index in [2.05, 4.69) is 6.92 Å². The Balaban J connectivity index is 2.75. The molecule has 0 spiro atoms. The van der Waals surface area contributed by atoms with Crippen molar-refractivity contribution in [2.75, 3.05) is 6.61 Å². The van der Waals surface area contributed by atoms with Gasteiger partial charge in [0.1, 0.15) is 5.75 Å². The molecule has 1 aromatic rings. The first-order valence-electron chi connectivity index (χ1n) is 6.31. The molecule has 1 N–H and O–H groups in total. The number of hydrogen-bond acceptors (Lipinski definition) is 2. The van der Waals surface area contributed by atoms with E-state index in [1.54, 1.807) is 6.08 Å². The van der Waals surface area contributed by atoms with E-state index in [4.69, 9.17) is 9.84 Å². The van der Waals surface area contributed by atoms with Gasteiger partial charge in [0, 0.05) is 0 Å². The summed E-state index contributed by atoms with van der Waals surface area (Å²) >= 11 is 0. The maximum absolute atomic E-state index is 10.6. The van der Waals surface area contributed by atoms with Crippen molar-refractivity contribution in [3.8, 4) is 5.75 Å². The number of benzene rings is 1. The number of ether oxygens (including phenoxy) is 1. The van der Waals surface area contributed by atoms with Crippen LogP contribution in [0, 0.1) is 0 Å². The van der Waals surface area contributed by atoms with E-state index in [-0.39, 0.29) is 6.42 Å². The highest BCUT2D eigenvalue weighted by atomic mass is 16.5. The fourth-order valence-electron chi connectivity index (χ4n) is 1.66. The summed E-state index contributed by atoms with van der Waals surface area (Å²) in [5.41, 5.74) is 2.11. The van der Waals surface area contributed by atoms with Gasteiger partial charge in [-0.05, 0) is 36.1 Å². The van der Waals surface area contributed by atoms with Crippen LogP contribution in [0.2, 0.25) is 0 Å². The summed E-state index contributed by atoms with van der Waals surface area (Å²) in [5.74, 6) is 0.0538. The predicted octanol–water partition coefficient (Wildman–Crippen LogP) is 3.74. The van der Waals surface area contributed by atoms with Crippen LogP contribution in [0.1, 0.15) is 38.7 Å². The topological polar surface area (TPSA) is 46.5 Å². The Bertz CT molecular complexity index is 404. The zero-order valence-corrected chi connectivity index (χ0v) is 11.0. The SMILES string of the molecule is CCCOc1ccc(/C(=C/CC(=O)O)CC)cc1. The van der Waals surface area contributed by atoms with Crippen molar-refractivity contribution in [2.45, 2.75) is 33.1 Å². The lowest BCUT2D eigenvalue weighted by Gasteiger charge is -2.08. The number of carboxylic acid groups (broad SMARTS) is 1. The minimum Gasteiger partial charge on any atom is -0.494 e. The second-order valence-electron chi connectivity index (χ2n) is 4.05. The molecular weight excluding hydrogens is 228 g/mol. The van der Waals surface area contributed by atoms with Crippen LogP contribution in [0.5, 0.6) is 5.75 Å². The third-order valence-electron chi connectivity index (χ3n) is 2.60. The van der Waals surface area contributed by atoms with Crippen LogP contribution >= 0.6 is 0 Å². The van der Waals surface area contributed by atoms with E-state index in [1.807, 2.05) is 31.2 Å². The largest absolute Gasteiger partial charge is 0.494 e. The zero-order valence-electron chi connectivity index (χ0n) is 11.0. The molecule has 0 aliphatic rings. The number of aliphatic carboxylic acids is 1. The van der Waals surface area contributed by atoms with Crippen LogP contribution in [-0.4, -0.2) is 17.7 Å². The van der Waals surface area contributed by atoms with E-state index in [1.165, 1.54) is 0 Å². The van der Waals surface area contributed by atoms with Crippen molar-refractivity contribution in [3.05, 3.63) is 35.9 Å². The van der Waals surface area contributed by atoms with Gasteiger partial charge in [-0.15, -0.1) is 0 Å². The molecule has 18 heavy (non-hydrogen) atoms. The van der Waals surface area contributed by atoms with Gasteiger partial charge in [0.05, 0.1) is 13.0 Å². The van der Waals surface area contributed by atoms with Crippen LogP contribution in [-0.2, 0) is 4.79 Å². The van der Waals surface area contributed by atoms with Gasteiger partial charge < -0.3 is 9.84 Å². The molecule has 1 aromatic carbocycles. The lowest BCUT2D eigenvalue weighted by Crippen LogP contribution is -1.95. The van der Waals surface area contributed by atoms with Crippen molar-refractivity contribution in [1.29, 1.82) is 0 Å². The third kappa shape index (κ3) is 4.62. The smallest absolute Gasteiger partial charge is 0.307 e. The van der Waals surface area contributed by atoms with Crippen molar-refractivity contribution in [3.63, 3.8) is 0 Å². The second kappa shape index (κ2) is 7.54. The van der Waals surface area contributed by atoms with Crippen molar-refractivity contribution >= 4 is 11.5 Å². The Morgan fingerprint density at radius 3 is 2.44 bits per heavy atom. The first-order chi connectivity index (χ1) is 8.67. The third-order valence-corrected chi connectivity index (χ3v) is 2.60. The molecule has 98 valence electrons. The number of carbonyl (C=O) groups is 1. The normalized spacial score (nSPS) is 11.3. The number of carboxylic acids is 1. The maximum Gasteiger partial charge on any atom is 0.307 e. The molecule has 3 nitrogen and oxygen atoms in total.